The van der Waals surface area contributed by atoms with E-state index in [1.807, 2.05) is 0 Å². The summed E-state index contributed by atoms with van der Waals surface area (Å²) in [5.41, 5.74) is 0.979. The number of urea groups is 1. The molecule has 2 aliphatic heterocycles. The molecule has 1 aromatic rings. The van der Waals surface area contributed by atoms with Crippen LogP contribution in [-0.2, 0) is 11.3 Å². The van der Waals surface area contributed by atoms with Gasteiger partial charge in [0.2, 0.25) is 5.91 Å². The SMILES string of the molecule is CC(C)C1CCC(N2CCC(N3C(=O)N(CC(=O)N(C)C)Cc4cc(F)c(F)cc43)CC2)CC1. The molecule has 188 valence electrons. The van der Waals surface area contributed by atoms with E-state index in [1.165, 1.54) is 41.5 Å². The second kappa shape index (κ2) is 10.2. The predicted molar refractivity (Wildman–Crippen MR) is 129 cm³/mol. The topological polar surface area (TPSA) is 47.1 Å². The van der Waals surface area contributed by atoms with Crippen molar-refractivity contribution in [3.05, 3.63) is 29.3 Å². The molecule has 2 heterocycles. The predicted octanol–water partition coefficient (Wildman–Crippen LogP) is 4.47. The lowest BCUT2D eigenvalue weighted by atomic mass is 9.79. The van der Waals surface area contributed by atoms with Crippen molar-refractivity contribution in [1.29, 1.82) is 0 Å². The molecule has 1 saturated carbocycles. The zero-order chi connectivity index (χ0) is 24.6. The van der Waals surface area contributed by atoms with Crippen molar-refractivity contribution >= 4 is 17.6 Å². The van der Waals surface area contributed by atoms with Gasteiger partial charge in [0.25, 0.3) is 0 Å². The Morgan fingerprint density at radius 3 is 2.21 bits per heavy atom. The number of likely N-dealkylation sites (N-methyl/N-ethyl adjacent to an activating group) is 1. The van der Waals surface area contributed by atoms with E-state index in [0.717, 1.165) is 43.8 Å². The molecule has 0 spiro atoms. The first-order chi connectivity index (χ1) is 16.2. The van der Waals surface area contributed by atoms with Crippen LogP contribution in [0.1, 0.15) is 57.9 Å². The van der Waals surface area contributed by atoms with Gasteiger partial charge in [-0.1, -0.05) is 13.8 Å². The van der Waals surface area contributed by atoms with Gasteiger partial charge < -0.3 is 14.7 Å². The highest BCUT2D eigenvalue weighted by Gasteiger charge is 2.39. The van der Waals surface area contributed by atoms with Crippen molar-refractivity contribution in [3.63, 3.8) is 0 Å². The van der Waals surface area contributed by atoms with Gasteiger partial charge in [0.05, 0.1) is 12.2 Å². The number of benzene rings is 1. The summed E-state index contributed by atoms with van der Waals surface area (Å²) in [6, 6.07) is 2.51. The van der Waals surface area contributed by atoms with Crippen molar-refractivity contribution in [2.24, 2.45) is 11.8 Å². The fourth-order valence-electron chi connectivity index (χ4n) is 5.88. The Hall–Kier alpha value is -2.22. The van der Waals surface area contributed by atoms with Crippen LogP contribution in [0.25, 0.3) is 0 Å². The molecule has 34 heavy (non-hydrogen) atoms. The molecule has 0 unspecified atom stereocenters. The molecule has 0 radical (unpaired) electrons. The van der Waals surface area contributed by atoms with Crippen molar-refractivity contribution in [2.75, 3.05) is 38.6 Å². The Labute approximate surface area is 201 Å². The highest BCUT2D eigenvalue weighted by Crippen LogP contribution is 2.37. The zero-order valence-corrected chi connectivity index (χ0v) is 20.9. The zero-order valence-electron chi connectivity index (χ0n) is 20.9. The van der Waals surface area contributed by atoms with Crippen LogP contribution in [0, 0.1) is 23.5 Å². The monoisotopic (exact) mass is 476 g/mol. The maximum absolute atomic E-state index is 14.2. The van der Waals surface area contributed by atoms with Crippen molar-refractivity contribution in [1.82, 2.24) is 14.7 Å². The Bertz CT molecular complexity index is 906. The minimum atomic E-state index is -0.950. The summed E-state index contributed by atoms with van der Waals surface area (Å²) < 4.78 is 28.2. The van der Waals surface area contributed by atoms with Crippen LogP contribution >= 0.6 is 0 Å². The summed E-state index contributed by atoms with van der Waals surface area (Å²) >= 11 is 0. The smallest absolute Gasteiger partial charge is 0.325 e. The van der Waals surface area contributed by atoms with Crippen molar-refractivity contribution < 1.29 is 18.4 Å². The average Bonchev–Trinajstić information content (AvgIpc) is 2.81. The van der Waals surface area contributed by atoms with Crippen molar-refractivity contribution in [2.45, 2.75) is 71.0 Å². The number of carbonyl (C=O) groups is 2. The number of fused-ring (bicyclic) bond motifs is 1. The van der Waals surface area contributed by atoms with E-state index < -0.39 is 11.6 Å². The Balaban J connectivity index is 1.48. The van der Waals surface area contributed by atoms with Crippen LogP contribution in [0.4, 0.5) is 19.3 Å². The van der Waals surface area contributed by atoms with Crippen LogP contribution < -0.4 is 4.90 Å². The first-order valence-electron chi connectivity index (χ1n) is 12.7. The van der Waals surface area contributed by atoms with Gasteiger partial charge in [-0.3, -0.25) is 9.69 Å². The van der Waals surface area contributed by atoms with E-state index in [0.29, 0.717) is 17.3 Å². The van der Waals surface area contributed by atoms with Gasteiger partial charge in [0.15, 0.2) is 11.6 Å². The van der Waals surface area contributed by atoms with Gasteiger partial charge in [0, 0.05) is 45.3 Å². The summed E-state index contributed by atoms with van der Waals surface area (Å²) in [5.74, 6) is -0.523. The number of likely N-dealkylation sites (tertiary alicyclic amines) is 1. The molecule has 1 aromatic carbocycles. The van der Waals surface area contributed by atoms with Crippen LogP contribution in [0.2, 0.25) is 0 Å². The number of hydrogen-bond acceptors (Lipinski definition) is 3. The molecule has 3 amide bonds. The third-order valence-electron chi connectivity index (χ3n) is 8.11. The van der Waals surface area contributed by atoms with E-state index in [1.54, 1.807) is 19.0 Å². The number of halogens is 2. The van der Waals surface area contributed by atoms with Gasteiger partial charge in [-0.05, 0) is 62.0 Å². The molecule has 0 N–H and O–H groups in total. The molecular weight excluding hydrogens is 438 g/mol. The summed E-state index contributed by atoms with van der Waals surface area (Å²) in [6.45, 7) is 6.42. The third-order valence-corrected chi connectivity index (χ3v) is 8.11. The Morgan fingerprint density at radius 2 is 1.62 bits per heavy atom. The summed E-state index contributed by atoms with van der Waals surface area (Å²) in [7, 11) is 3.28. The lowest BCUT2D eigenvalue weighted by Gasteiger charge is -2.46. The molecule has 1 aliphatic carbocycles. The average molecular weight is 477 g/mol. The van der Waals surface area contributed by atoms with Gasteiger partial charge in [0.1, 0.15) is 6.54 Å². The molecule has 1 saturated heterocycles. The normalized spacial score (nSPS) is 24.5. The Morgan fingerprint density at radius 1 is 1.00 bits per heavy atom. The maximum atomic E-state index is 14.2. The molecule has 6 nitrogen and oxygen atoms in total. The van der Waals surface area contributed by atoms with Gasteiger partial charge in [-0.2, -0.15) is 0 Å². The second-order valence-electron chi connectivity index (χ2n) is 10.8. The lowest BCUT2D eigenvalue weighted by Crippen LogP contribution is -2.57. The van der Waals surface area contributed by atoms with Crippen LogP contribution in [0.15, 0.2) is 12.1 Å². The molecule has 0 aromatic heterocycles. The number of amides is 3. The van der Waals surface area contributed by atoms with E-state index in [9.17, 15) is 18.4 Å². The molecule has 2 fully saturated rings. The summed E-state index contributed by atoms with van der Waals surface area (Å²) in [6.07, 6.45) is 6.57. The number of piperidine rings is 1. The largest absolute Gasteiger partial charge is 0.347 e. The lowest BCUT2D eigenvalue weighted by molar-refractivity contribution is -0.129. The number of nitrogens with zero attached hydrogens (tertiary/aromatic N) is 4. The molecule has 0 atom stereocenters. The van der Waals surface area contributed by atoms with E-state index in [2.05, 4.69) is 18.7 Å². The minimum Gasteiger partial charge on any atom is -0.347 e. The first-order valence-corrected chi connectivity index (χ1v) is 12.7. The molecule has 3 aliphatic rings. The van der Waals surface area contributed by atoms with E-state index >= 15 is 0 Å². The fourth-order valence-corrected chi connectivity index (χ4v) is 5.88. The van der Waals surface area contributed by atoms with Gasteiger partial charge >= 0.3 is 6.03 Å². The summed E-state index contributed by atoms with van der Waals surface area (Å²) in [4.78, 5) is 32.9. The third kappa shape index (κ3) is 5.07. The quantitative estimate of drug-likeness (QED) is 0.630. The molecule has 4 rings (SSSR count). The van der Waals surface area contributed by atoms with E-state index in [4.69, 9.17) is 0 Å². The maximum Gasteiger partial charge on any atom is 0.325 e. The Kier molecular flexibility index (Phi) is 7.45. The van der Waals surface area contributed by atoms with Crippen LogP contribution in [-0.4, -0.2) is 72.5 Å². The highest BCUT2D eigenvalue weighted by molar-refractivity contribution is 5.97. The van der Waals surface area contributed by atoms with Crippen molar-refractivity contribution in [3.8, 4) is 0 Å². The summed E-state index contributed by atoms with van der Waals surface area (Å²) in [5, 5.41) is 0. The molecular formula is C26H38F2N4O2. The van der Waals surface area contributed by atoms with Gasteiger partial charge in [-0.15, -0.1) is 0 Å². The van der Waals surface area contributed by atoms with Gasteiger partial charge in [-0.25, -0.2) is 13.6 Å². The van der Waals surface area contributed by atoms with Crippen LogP contribution in [0.3, 0.4) is 0 Å². The number of hydrogen-bond donors (Lipinski definition) is 0. The number of carbonyl (C=O) groups excluding carboxylic acids is 2. The molecule has 8 heteroatoms. The number of anilines is 1. The standard InChI is InChI=1S/C26H38F2N4O2/c1-17(2)18-5-7-20(8-6-18)30-11-9-21(10-12-30)32-24-14-23(28)22(27)13-19(24)15-31(26(32)34)16-25(33)29(3)4/h13-14,17-18,20-21H,5-12,15-16H2,1-4H3. The highest BCUT2D eigenvalue weighted by atomic mass is 19.2. The van der Waals surface area contributed by atoms with E-state index in [-0.39, 0.29) is 31.1 Å². The second-order valence-corrected chi connectivity index (χ2v) is 10.8. The fraction of sp³-hybridized carbons (Fsp3) is 0.692. The first kappa shape index (κ1) is 24.9. The van der Waals surface area contributed by atoms with Crippen LogP contribution in [0.5, 0.6) is 0 Å². The number of rotatable bonds is 5. The minimum absolute atomic E-state index is 0.0846. The molecule has 0 bridgehead atoms.